The normalized spacial score (nSPS) is 12.5. The molecule has 33 heavy (non-hydrogen) atoms. The van der Waals surface area contributed by atoms with Gasteiger partial charge in [0.2, 0.25) is 0 Å². The van der Waals surface area contributed by atoms with Crippen LogP contribution in [0.3, 0.4) is 0 Å². The number of nitrogens with one attached hydrogen (secondary N) is 1. The van der Waals surface area contributed by atoms with Crippen molar-refractivity contribution < 1.29 is 9.47 Å². The van der Waals surface area contributed by atoms with Gasteiger partial charge < -0.3 is 14.8 Å². The molecule has 1 N–H and O–H groups in total. The Bertz CT molecular complexity index is 337. The minimum atomic E-state index is 0.207. The predicted octanol–water partition coefficient (Wildman–Crippen LogP) is 9.23. The van der Waals surface area contributed by atoms with E-state index in [0.29, 0.717) is 0 Å². The Hall–Kier alpha value is -0.120. The van der Waals surface area contributed by atoms with Gasteiger partial charge in [-0.1, -0.05) is 136 Å². The molecule has 0 amide bonds. The molecule has 3 nitrogen and oxygen atoms in total. The Morgan fingerprint density at radius 1 is 0.485 bits per heavy atom. The largest absolute Gasteiger partial charge is 0.379 e. The number of rotatable bonds is 29. The zero-order valence-electron chi connectivity index (χ0n) is 23.3. The molecule has 0 aliphatic heterocycles. The molecule has 1 unspecified atom stereocenters. The van der Waals surface area contributed by atoms with Crippen LogP contribution in [0.5, 0.6) is 0 Å². The lowest BCUT2D eigenvalue weighted by molar-refractivity contribution is -0.0174. The van der Waals surface area contributed by atoms with Gasteiger partial charge in [-0.2, -0.15) is 0 Å². The first-order chi connectivity index (χ1) is 16.3. The van der Waals surface area contributed by atoms with Crippen molar-refractivity contribution in [2.45, 2.75) is 162 Å². The highest BCUT2D eigenvalue weighted by Gasteiger charge is 2.09. The molecule has 0 heterocycles. The van der Waals surface area contributed by atoms with E-state index < -0.39 is 0 Å². The molecule has 0 spiro atoms. The van der Waals surface area contributed by atoms with Crippen LogP contribution in [0.25, 0.3) is 0 Å². The highest BCUT2D eigenvalue weighted by atomic mass is 16.5. The van der Waals surface area contributed by atoms with Crippen LogP contribution in [0.2, 0.25) is 0 Å². The Balaban J connectivity index is 3.58. The number of hydrogen-bond donors (Lipinski definition) is 1. The topological polar surface area (TPSA) is 30.5 Å². The number of hydrogen-bond acceptors (Lipinski definition) is 3. The molecule has 0 aliphatic rings. The van der Waals surface area contributed by atoms with Gasteiger partial charge in [0.05, 0.1) is 12.7 Å². The van der Waals surface area contributed by atoms with Crippen molar-refractivity contribution in [3.63, 3.8) is 0 Å². The lowest BCUT2D eigenvalue weighted by Gasteiger charge is -2.19. The molecule has 0 aromatic carbocycles. The molecule has 0 aromatic rings. The highest BCUT2D eigenvalue weighted by molar-refractivity contribution is 4.61. The Morgan fingerprint density at radius 3 is 1.36 bits per heavy atom. The van der Waals surface area contributed by atoms with Crippen molar-refractivity contribution in [3.05, 3.63) is 0 Å². The summed E-state index contributed by atoms with van der Waals surface area (Å²) in [4.78, 5) is 0. The summed E-state index contributed by atoms with van der Waals surface area (Å²) in [6.07, 6.45) is 28.9. The second kappa shape index (κ2) is 29.9. The van der Waals surface area contributed by atoms with Crippen molar-refractivity contribution in [2.75, 3.05) is 32.9 Å². The van der Waals surface area contributed by atoms with E-state index in [0.717, 1.165) is 32.9 Å². The van der Waals surface area contributed by atoms with E-state index >= 15 is 0 Å². The van der Waals surface area contributed by atoms with Crippen LogP contribution >= 0.6 is 0 Å². The molecule has 0 radical (unpaired) electrons. The van der Waals surface area contributed by atoms with E-state index in [9.17, 15) is 0 Å². The van der Waals surface area contributed by atoms with E-state index in [1.165, 1.54) is 135 Å². The summed E-state index contributed by atoms with van der Waals surface area (Å²) >= 11 is 0. The van der Waals surface area contributed by atoms with Gasteiger partial charge in [-0.05, 0) is 25.8 Å². The fourth-order valence-corrected chi connectivity index (χ4v) is 4.35. The van der Waals surface area contributed by atoms with Gasteiger partial charge in [-0.3, -0.25) is 0 Å². The third kappa shape index (κ3) is 28.0. The van der Waals surface area contributed by atoms with Gasteiger partial charge in [0.15, 0.2) is 0 Å². The Morgan fingerprint density at radius 2 is 0.909 bits per heavy atom. The van der Waals surface area contributed by atoms with Gasteiger partial charge in [-0.15, -0.1) is 0 Å². The molecule has 0 aromatic heterocycles. The highest BCUT2D eigenvalue weighted by Crippen LogP contribution is 2.12. The van der Waals surface area contributed by atoms with E-state index in [1.807, 2.05) is 0 Å². The van der Waals surface area contributed by atoms with Gasteiger partial charge in [0, 0.05) is 19.8 Å². The van der Waals surface area contributed by atoms with Crippen LogP contribution < -0.4 is 5.32 Å². The quantitative estimate of drug-likeness (QED) is 0.111. The molecule has 0 saturated carbocycles. The van der Waals surface area contributed by atoms with Gasteiger partial charge in [0.25, 0.3) is 0 Å². The standard InChI is InChI=1S/C30H63NO2/c1-4-7-9-11-13-15-17-19-21-23-26-32-29-30(28-31-25-6-3)33-27-24-22-20-18-16-14-12-10-8-5-2/h30-31H,4-29H2,1-3H3. The van der Waals surface area contributed by atoms with Crippen LogP contribution in [0.1, 0.15) is 156 Å². The maximum Gasteiger partial charge on any atom is 0.0932 e. The maximum atomic E-state index is 6.17. The molecule has 1 atom stereocenters. The fourth-order valence-electron chi connectivity index (χ4n) is 4.35. The minimum absolute atomic E-state index is 0.207. The zero-order valence-corrected chi connectivity index (χ0v) is 23.3. The van der Waals surface area contributed by atoms with E-state index in [-0.39, 0.29) is 6.10 Å². The molecule has 200 valence electrons. The maximum absolute atomic E-state index is 6.17. The monoisotopic (exact) mass is 469 g/mol. The summed E-state index contributed by atoms with van der Waals surface area (Å²) in [6.45, 7) is 11.3. The summed E-state index contributed by atoms with van der Waals surface area (Å²) < 4.78 is 12.2. The van der Waals surface area contributed by atoms with E-state index in [1.54, 1.807) is 0 Å². The Kier molecular flexibility index (Phi) is 29.8. The SMILES string of the molecule is CCCCCCCCCCCCOCC(CNCCC)OCCCCCCCCCCCC. The second-order valence-electron chi connectivity index (χ2n) is 10.1. The van der Waals surface area contributed by atoms with Crippen LogP contribution in [-0.4, -0.2) is 39.0 Å². The van der Waals surface area contributed by atoms with E-state index in [2.05, 4.69) is 26.1 Å². The van der Waals surface area contributed by atoms with Gasteiger partial charge >= 0.3 is 0 Å². The molecular weight excluding hydrogens is 406 g/mol. The smallest absolute Gasteiger partial charge is 0.0932 e. The lowest BCUT2D eigenvalue weighted by atomic mass is 10.1. The van der Waals surface area contributed by atoms with Crippen molar-refractivity contribution >= 4 is 0 Å². The third-order valence-corrected chi connectivity index (χ3v) is 6.60. The number of ether oxygens (including phenoxy) is 2. The van der Waals surface area contributed by atoms with Gasteiger partial charge in [0.1, 0.15) is 0 Å². The van der Waals surface area contributed by atoms with Crippen molar-refractivity contribution in [2.24, 2.45) is 0 Å². The molecule has 0 saturated heterocycles. The van der Waals surface area contributed by atoms with Crippen molar-refractivity contribution in [1.82, 2.24) is 5.32 Å². The second-order valence-corrected chi connectivity index (χ2v) is 10.1. The predicted molar refractivity (Wildman–Crippen MR) is 147 cm³/mol. The first-order valence-corrected chi connectivity index (χ1v) is 15.2. The molecular formula is C30H63NO2. The van der Waals surface area contributed by atoms with Crippen LogP contribution in [0, 0.1) is 0 Å². The first-order valence-electron chi connectivity index (χ1n) is 15.2. The van der Waals surface area contributed by atoms with E-state index in [4.69, 9.17) is 9.47 Å². The van der Waals surface area contributed by atoms with Crippen LogP contribution in [0.15, 0.2) is 0 Å². The Labute approximate surface area is 209 Å². The molecule has 0 bridgehead atoms. The third-order valence-electron chi connectivity index (χ3n) is 6.60. The molecule has 0 fully saturated rings. The summed E-state index contributed by atoms with van der Waals surface area (Å²) in [5.74, 6) is 0. The molecule has 0 aliphatic carbocycles. The summed E-state index contributed by atoms with van der Waals surface area (Å²) in [5.41, 5.74) is 0. The lowest BCUT2D eigenvalue weighted by Crippen LogP contribution is -2.33. The summed E-state index contributed by atoms with van der Waals surface area (Å²) in [7, 11) is 0. The van der Waals surface area contributed by atoms with Crippen LogP contribution in [0.4, 0.5) is 0 Å². The summed E-state index contributed by atoms with van der Waals surface area (Å²) in [5, 5.41) is 3.51. The van der Waals surface area contributed by atoms with Crippen molar-refractivity contribution in [3.8, 4) is 0 Å². The molecule has 0 rings (SSSR count). The number of unbranched alkanes of at least 4 members (excludes halogenated alkanes) is 18. The molecule has 3 heteroatoms. The average Bonchev–Trinajstić information content (AvgIpc) is 2.82. The van der Waals surface area contributed by atoms with Crippen LogP contribution in [-0.2, 0) is 9.47 Å². The van der Waals surface area contributed by atoms with Crippen molar-refractivity contribution in [1.29, 1.82) is 0 Å². The first kappa shape index (κ1) is 32.9. The summed E-state index contributed by atoms with van der Waals surface area (Å²) in [6, 6.07) is 0. The zero-order chi connectivity index (χ0) is 24.1. The minimum Gasteiger partial charge on any atom is -0.379 e. The van der Waals surface area contributed by atoms with Gasteiger partial charge in [-0.25, -0.2) is 0 Å². The fraction of sp³-hybridized carbons (Fsp3) is 1.00. The average molecular weight is 470 g/mol.